The van der Waals surface area contributed by atoms with Gasteiger partial charge in [0.25, 0.3) is 5.91 Å². The Morgan fingerprint density at radius 2 is 1.70 bits per heavy atom. The smallest absolute Gasteiger partial charge is 0.266 e. The highest BCUT2D eigenvalue weighted by Crippen LogP contribution is 2.32. The van der Waals surface area contributed by atoms with Crippen LogP contribution in [0.15, 0.2) is 30.3 Å². The Morgan fingerprint density at radius 1 is 1.07 bits per heavy atom. The standard InChI is InChI=1S/C22H25F2N3OS.ClH/c1-5-26(6-2)10-11-27(21(28)19-16(23)8-7-9-17(19)24)22-25-20-15(4)12-14(3)13-18(20)29-22;/h7-9,12-13H,5-6,10-11H2,1-4H3;1H. The molecule has 3 aromatic rings. The number of amides is 1. The molecule has 1 heterocycles. The highest BCUT2D eigenvalue weighted by molar-refractivity contribution is 7.22. The van der Waals surface area contributed by atoms with Crippen LogP contribution in [0.2, 0.25) is 0 Å². The second kappa shape index (κ2) is 10.3. The average molecular weight is 454 g/mol. The largest absolute Gasteiger partial charge is 0.302 e. The summed E-state index contributed by atoms with van der Waals surface area (Å²) in [4.78, 5) is 21.4. The Bertz CT molecular complexity index is 1020. The lowest BCUT2D eigenvalue weighted by Gasteiger charge is -2.25. The summed E-state index contributed by atoms with van der Waals surface area (Å²) < 4.78 is 29.6. The number of carbonyl (C=O) groups excluding carboxylic acids is 1. The van der Waals surface area contributed by atoms with Crippen LogP contribution in [0, 0.1) is 25.5 Å². The van der Waals surface area contributed by atoms with Gasteiger partial charge in [-0.25, -0.2) is 13.8 Å². The van der Waals surface area contributed by atoms with E-state index in [0.29, 0.717) is 18.2 Å². The zero-order chi connectivity index (χ0) is 21.1. The minimum absolute atomic E-state index is 0. The molecule has 1 aromatic heterocycles. The number of aryl methyl sites for hydroxylation is 2. The summed E-state index contributed by atoms with van der Waals surface area (Å²) >= 11 is 1.37. The predicted molar refractivity (Wildman–Crippen MR) is 122 cm³/mol. The van der Waals surface area contributed by atoms with Crippen molar-refractivity contribution in [3.05, 3.63) is 58.7 Å². The first-order valence-electron chi connectivity index (χ1n) is 9.71. The van der Waals surface area contributed by atoms with Crippen molar-refractivity contribution < 1.29 is 13.6 Å². The maximum Gasteiger partial charge on any atom is 0.266 e. The van der Waals surface area contributed by atoms with Crippen molar-refractivity contribution in [3.63, 3.8) is 0 Å². The second-order valence-electron chi connectivity index (χ2n) is 7.01. The minimum atomic E-state index is -0.865. The first-order chi connectivity index (χ1) is 13.8. The molecule has 0 aliphatic heterocycles. The fourth-order valence-corrected chi connectivity index (χ4v) is 4.54. The third-order valence-corrected chi connectivity index (χ3v) is 6.03. The first kappa shape index (κ1) is 24.2. The fraction of sp³-hybridized carbons (Fsp3) is 0.364. The monoisotopic (exact) mass is 453 g/mol. The molecule has 4 nitrogen and oxygen atoms in total. The van der Waals surface area contributed by atoms with E-state index < -0.39 is 23.1 Å². The lowest BCUT2D eigenvalue weighted by atomic mass is 10.1. The molecule has 1 amide bonds. The van der Waals surface area contributed by atoms with Crippen LogP contribution in [0.4, 0.5) is 13.9 Å². The van der Waals surface area contributed by atoms with E-state index in [-0.39, 0.29) is 12.4 Å². The van der Waals surface area contributed by atoms with Gasteiger partial charge in [0.2, 0.25) is 0 Å². The van der Waals surface area contributed by atoms with Crippen molar-refractivity contribution in [2.75, 3.05) is 31.1 Å². The van der Waals surface area contributed by atoms with Gasteiger partial charge in [0.15, 0.2) is 5.13 Å². The minimum Gasteiger partial charge on any atom is -0.302 e. The van der Waals surface area contributed by atoms with Crippen molar-refractivity contribution >= 4 is 45.0 Å². The molecular weight excluding hydrogens is 428 g/mol. The first-order valence-corrected chi connectivity index (χ1v) is 10.5. The molecule has 0 aliphatic rings. The maximum atomic E-state index is 14.3. The number of carbonyl (C=O) groups is 1. The van der Waals surface area contributed by atoms with Crippen LogP contribution >= 0.6 is 23.7 Å². The number of benzene rings is 2. The summed E-state index contributed by atoms with van der Waals surface area (Å²) in [5.74, 6) is -2.44. The van der Waals surface area contributed by atoms with Gasteiger partial charge in [-0.1, -0.05) is 37.3 Å². The highest BCUT2D eigenvalue weighted by atomic mass is 35.5. The van der Waals surface area contributed by atoms with E-state index in [1.54, 1.807) is 0 Å². The third kappa shape index (κ3) is 4.96. The molecule has 0 N–H and O–H groups in total. The molecule has 0 unspecified atom stereocenters. The average Bonchev–Trinajstić information content (AvgIpc) is 3.09. The van der Waals surface area contributed by atoms with Crippen LogP contribution in [0.25, 0.3) is 10.2 Å². The van der Waals surface area contributed by atoms with E-state index in [1.165, 1.54) is 22.3 Å². The summed E-state index contributed by atoms with van der Waals surface area (Å²) in [7, 11) is 0. The van der Waals surface area contributed by atoms with Crippen molar-refractivity contribution in [2.45, 2.75) is 27.7 Å². The van der Waals surface area contributed by atoms with E-state index in [9.17, 15) is 13.6 Å². The summed E-state index contributed by atoms with van der Waals surface area (Å²) in [5, 5.41) is 0.452. The Hall–Kier alpha value is -2.09. The lowest BCUT2D eigenvalue weighted by Crippen LogP contribution is -2.39. The summed E-state index contributed by atoms with van der Waals surface area (Å²) in [6.45, 7) is 10.6. The van der Waals surface area contributed by atoms with Crippen molar-refractivity contribution in [1.82, 2.24) is 9.88 Å². The number of halogens is 3. The van der Waals surface area contributed by atoms with Gasteiger partial charge in [0, 0.05) is 13.1 Å². The van der Waals surface area contributed by atoms with Gasteiger partial charge >= 0.3 is 0 Å². The molecule has 0 spiro atoms. The van der Waals surface area contributed by atoms with Gasteiger partial charge in [-0.05, 0) is 56.3 Å². The number of thiazole rings is 1. The molecule has 162 valence electrons. The molecule has 0 saturated carbocycles. The van der Waals surface area contributed by atoms with Crippen LogP contribution in [0.1, 0.15) is 35.3 Å². The Labute approximate surface area is 185 Å². The van der Waals surface area contributed by atoms with E-state index in [2.05, 4.69) is 9.88 Å². The van der Waals surface area contributed by atoms with Crippen molar-refractivity contribution in [2.24, 2.45) is 0 Å². The number of anilines is 1. The SMILES string of the molecule is CCN(CC)CCN(C(=O)c1c(F)cccc1F)c1nc2c(C)cc(C)cc2s1.Cl. The van der Waals surface area contributed by atoms with Crippen LogP contribution in [-0.4, -0.2) is 42.0 Å². The third-order valence-electron chi connectivity index (χ3n) is 5.01. The maximum absolute atomic E-state index is 14.3. The number of nitrogens with zero attached hydrogens (tertiary/aromatic N) is 3. The molecule has 0 aliphatic carbocycles. The van der Waals surface area contributed by atoms with E-state index in [0.717, 1.165) is 46.6 Å². The van der Waals surface area contributed by atoms with Gasteiger partial charge in [-0.2, -0.15) is 0 Å². The summed E-state index contributed by atoms with van der Waals surface area (Å²) in [6, 6.07) is 7.51. The molecular formula is C22H26ClF2N3OS. The van der Waals surface area contributed by atoms with Crippen LogP contribution in [0.3, 0.4) is 0 Å². The molecule has 0 atom stereocenters. The van der Waals surface area contributed by atoms with Crippen LogP contribution in [0.5, 0.6) is 0 Å². The Kier molecular flexibility index (Phi) is 8.29. The normalized spacial score (nSPS) is 11.0. The number of fused-ring (bicyclic) bond motifs is 1. The predicted octanol–water partition coefficient (Wildman–Crippen LogP) is 5.60. The fourth-order valence-electron chi connectivity index (χ4n) is 3.38. The molecule has 0 saturated heterocycles. The van der Waals surface area contributed by atoms with Gasteiger partial charge < -0.3 is 4.90 Å². The summed E-state index contributed by atoms with van der Waals surface area (Å²) in [6.07, 6.45) is 0. The number of hydrogen-bond donors (Lipinski definition) is 0. The van der Waals surface area contributed by atoms with E-state index >= 15 is 0 Å². The van der Waals surface area contributed by atoms with E-state index in [1.807, 2.05) is 39.8 Å². The molecule has 30 heavy (non-hydrogen) atoms. The lowest BCUT2D eigenvalue weighted by molar-refractivity contribution is 0.0975. The van der Waals surface area contributed by atoms with Gasteiger partial charge in [-0.15, -0.1) is 12.4 Å². The topological polar surface area (TPSA) is 36.4 Å². The van der Waals surface area contributed by atoms with Crippen LogP contribution < -0.4 is 4.90 Å². The zero-order valence-corrected chi connectivity index (χ0v) is 19.2. The number of aromatic nitrogens is 1. The molecule has 0 bridgehead atoms. The van der Waals surface area contributed by atoms with E-state index in [4.69, 9.17) is 0 Å². The zero-order valence-electron chi connectivity index (χ0n) is 17.5. The molecule has 0 fully saturated rings. The quantitative estimate of drug-likeness (QED) is 0.467. The number of likely N-dealkylation sites (N-methyl/N-ethyl adjacent to an activating group) is 1. The van der Waals surface area contributed by atoms with Crippen molar-refractivity contribution in [1.29, 1.82) is 0 Å². The Morgan fingerprint density at radius 3 is 2.30 bits per heavy atom. The van der Waals surface area contributed by atoms with Gasteiger partial charge in [0.05, 0.1) is 10.2 Å². The van der Waals surface area contributed by atoms with Gasteiger partial charge in [-0.3, -0.25) is 9.69 Å². The highest BCUT2D eigenvalue weighted by Gasteiger charge is 2.27. The second-order valence-corrected chi connectivity index (χ2v) is 8.01. The van der Waals surface area contributed by atoms with Gasteiger partial charge in [0.1, 0.15) is 17.2 Å². The number of rotatable bonds is 7. The Balaban J connectivity index is 0.00000320. The summed E-state index contributed by atoms with van der Waals surface area (Å²) in [5.41, 5.74) is 2.38. The van der Waals surface area contributed by atoms with Crippen molar-refractivity contribution in [3.8, 4) is 0 Å². The molecule has 3 rings (SSSR count). The molecule has 2 aromatic carbocycles. The molecule has 8 heteroatoms. The number of hydrogen-bond acceptors (Lipinski definition) is 4. The van der Waals surface area contributed by atoms with Crippen LogP contribution in [-0.2, 0) is 0 Å². The molecule has 0 radical (unpaired) electrons.